The minimum absolute atomic E-state index is 0.0467. The number of nitrogens with zero attached hydrogens (tertiary/aromatic N) is 2. The number of pyridine rings is 1. The fourth-order valence-corrected chi connectivity index (χ4v) is 3.56. The normalized spacial score (nSPS) is 24.6. The molecule has 5 N–H and O–H groups in total. The number of aliphatic imine (C=N–C) groups is 1. The Kier molecular flexibility index (Phi) is 6.12. The van der Waals surface area contributed by atoms with Crippen molar-refractivity contribution in [2.75, 3.05) is 24.3 Å². The van der Waals surface area contributed by atoms with E-state index in [1.54, 1.807) is 0 Å². The van der Waals surface area contributed by atoms with Crippen LogP contribution in [0.3, 0.4) is 0 Å². The van der Waals surface area contributed by atoms with Gasteiger partial charge < -0.3 is 26.3 Å². The maximum absolute atomic E-state index is 14.7. The van der Waals surface area contributed by atoms with E-state index in [1.165, 1.54) is 31.2 Å². The number of nitrogen functional groups attached to an aromatic ring is 1. The standard InChI is InChI=1S/C23H25F4N5O3/c1-21(11-35-22(2,20(29)32-21)23(25,26)27)15-9-13(5-7-16(15)24)30-19(33)14-6-8-17(31-18(14)28)34-10-12-3-4-12/h5-9,12H,3-4,10-11H2,1-2H3,(H2,28,31)(H2,29,32)(H,30,33). The number of rotatable bonds is 6. The van der Waals surface area contributed by atoms with Crippen molar-refractivity contribution < 1.29 is 31.8 Å². The molecule has 2 aliphatic rings. The number of carbonyl (C=O) groups is 1. The zero-order chi connectivity index (χ0) is 25.6. The maximum atomic E-state index is 14.7. The SMILES string of the molecule is CC1(c2cc(NC(=O)c3ccc(OCC4CC4)nc3N)ccc2F)COC(C)(C(F)(F)F)C(N)=N1. The van der Waals surface area contributed by atoms with Gasteiger partial charge in [0.2, 0.25) is 11.5 Å². The summed E-state index contributed by atoms with van der Waals surface area (Å²) in [5, 5.41) is 2.59. The van der Waals surface area contributed by atoms with Crippen LogP contribution in [0, 0.1) is 11.7 Å². The third kappa shape index (κ3) is 4.88. The molecule has 1 saturated carbocycles. The third-order valence-corrected chi connectivity index (χ3v) is 6.15. The van der Waals surface area contributed by atoms with E-state index in [0.29, 0.717) is 18.4 Å². The van der Waals surface area contributed by atoms with E-state index in [0.717, 1.165) is 25.8 Å². The first-order chi connectivity index (χ1) is 16.3. The van der Waals surface area contributed by atoms with Crippen LogP contribution in [0.15, 0.2) is 35.3 Å². The Morgan fingerprint density at radius 1 is 1.23 bits per heavy atom. The predicted octanol–water partition coefficient (Wildman–Crippen LogP) is 3.77. The second-order valence-corrected chi connectivity index (χ2v) is 9.08. The van der Waals surface area contributed by atoms with Gasteiger partial charge in [0.05, 0.1) is 18.8 Å². The van der Waals surface area contributed by atoms with E-state index in [2.05, 4.69) is 15.3 Å². The number of hydrogen-bond donors (Lipinski definition) is 3. The lowest BCUT2D eigenvalue weighted by Crippen LogP contribution is -2.60. The number of aromatic nitrogens is 1. The third-order valence-electron chi connectivity index (χ3n) is 6.15. The van der Waals surface area contributed by atoms with Gasteiger partial charge in [-0.2, -0.15) is 18.2 Å². The van der Waals surface area contributed by atoms with Crippen LogP contribution in [0.25, 0.3) is 0 Å². The summed E-state index contributed by atoms with van der Waals surface area (Å²) in [6, 6.07) is 6.62. The Labute approximate surface area is 198 Å². The Balaban J connectivity index is 1.54. The Morgan fingerprint density at radius 3 is 2.54 bits per heavy atom. The molecule has 1 aromatic carbocycles. The number of halogens is 4. The average molecular weight is 495 g/mol. The van der Waals surface area contributed by atoms with Crippen LogP contribution in [0.2, 0.25) is 0 Å². The van der Waals surface area contributed by atoms with Crippen molar-refractivity contribution in [1.82, 2.24) is 4.98 Å². The smallest absolute Gasteiger partial charge is 0.424 e. The molecular formula is C23H25F4N5O3. The highest BCUT2D eigenvalue weighted by molar-refractivity contribution is 6.07. The van der Waals surface area contributed by atoms with Crippen LogP contribution < -0.4 is 21.5 Å². The highest BCUT2D eigenvalue weighted by Gasteiger charge is 2.59. The molecule has 0 radical (unpaired) electrons. The van der Waals surface area contributed by atoms with E-state index in [9.17, 15) is 22.4 Å². The molecule has 1 amide bonds. The molecule has 2 aromatic rings. The number of ether oxygens (including phenoxy) is 2. The van der Waals surface area contributed by atoms with Crippen molar-refractivity contribution in [3.8, 4) is 5.88 Å². The molecule has 8 nitrogen and oxygen atoms in total. The van der Waals surface area contributed by atoms with Gasteiger partial charge in [-0.25, -0.2) is 4.39 Å². The van der Waals surface area contributed by atoms with Crippen molar-refractivity contribution in [2.45, 2.75) is 44.0 Å². The second kappa shape index (κ2) is 8.67. The zero-order valence-corrected chi connectivity index (χ0v) is 19.1. The van der Waals surface area contributed by atoms with E-state index >= 15 is 0 Å². The predicted molar refractivity (Wildman–Crippen MR) is 121 cm³/mol. The Hall–Kier alpha value is -3.41. The average Bonchev–Trinajstić information content (AvgIpc) is 3.60. The second-order valence-electron chi connectivity index (χ2n) is 9.08. The van der Waals surface area contributed by atoms with Crippen LogP contribution >= 0.6 is 0 Å². The Bertz CT molecular complexity index is 1180. The van der Waals surface area contributed by atoms with Crippen LogP contribution in [0.4, 0.5) is 29.1 Å². The molecule has 2 heterocycles. The number of alkyl halides is 3. The van der Waals surface area contributed by atoms with Crippen LogP contribution in [0.5, 0.6) is 5.88 Å². The molecule has 188 valence electrons. The number of carbonyl (C=O) groups excluding carboxylic acids is 1. The molecule has 1 fully saturated rings. The maximum Gasteiger partial charge on any atom is 0.424 e. The molecular weight excluding hydrogens is 470 g/mol. The highest BCUT2D eigenvalue weighted by Crippen LogP contribution is 2.41. The lowest BCUT2D eigenvalue weighted by Gasteiger charge is -2.41. The Morgan fingerprint density at radius 2 is 1.94 bits per heavy atom. The summed E-state index contributed by atoms with van der Waals surface area (Å²) in [5.74, 6) is -1.41. The van der Waals surface area contributed by atoms with Gasteiger partial charge in [0.15, 0.2) is 0 Å². The van der Waals surface area contributed by atoms with Crippen LogP contribution in [-0.4, -0.2) is 41.7 Å². The van der Waals surface area contributed by atoms with Gasteiger partial charge in [0.1, 0.15) is 23.0 Å². The molecule has 0 spiro atoms. The van der Waals surface area contributed by atoms with Crippen molar-refractivity contribution in [3.63, 3.8) is 0 Å². The first-order valence-corrected chi connectivity index (χ1v) is 10.9. The summed E-state index contributed by atoms with van der Waals surface area (Å²) in [4.78, 5) is 20.8. The molecule has 1 aliphatic heterocycles. The van der Waals surface area contributed by atoms with Crippen molar-refractivity contribution in [2.24, 2.45) is 16.6 Å². The molecule has 12 heteroatoms. The van der Waals surface area contributed by atoms with Crippen molar-refractivity contribution in [3.05, 3.63) is 47.3 Å². The van der Waals surface area contributed by atoms with Crippen LogP contribution in [-0.2, 0) is 10.3 Å². The summed E-state index contributed by atoms with van der Waals surface area (Å²) in [5.41, 5.74) is 7.32. The minimum atomic E-state index is -4.80. The van der Waals surface area contributed by atoms with E-state index in [-0.39, 0.29) is 22.6 Å². The minimum Gasteiger partial charge on any atom is -0.477 e. The number of nitrogens with one attached hydrogen (secondary N) is 1. The van der Waals surface area contributed by atoms with Gasteiger partial charge in [-0.05, 0) is 56.9 Å². The number of amidine groups is 1. The molecule has 2 atom stereocenters. The molecule has 1 aliphatic carbocycles. The zero-order valence-electron chi connectivity index (χ0n) is 19.1. The van der Waals surface area contributed by atoms with Crippen LogP contribution in [0.1, 0.15) is 42.6 Å². The van der Waals surface area contributed by atoms with Gasteiger partial charge in [0.25, 0.3) is 5.91 Å². The monoisotopic (exact) mass is 495 g/mol. The van der Waals surface area contributed by atoms with E-state index in [1.807, 2.05) is 0 Å². The molecule has 4 rings (SSSR count). The molecule has 2 unspecified atom stereocenters. The summed E-state index contributed by atoms with van der Waals surface area (Å²) in [6.07, 6.45) is -2.58. The largest absolute Gasteiger partial charge is 0.477 e. The van der Waals surface area contributed by atoms with E-state index in [4.69, 9.17) is 20.9 Å². The van der Waals surface area contributed by atoms with Gasteiger partial charge >= 0.3 is 6.18 Å². The number of anilines is 2. The van der Waals surface area contributed by atoms with Gasteiger partial charge in [-0.1, -0.05) is 0 Å². The van der Waals surface area contributed by atoms with E-state index < -0.39 is 41.5 Å². The van der Waals surface area contributed by atoms with Gasteiger partial charge in [-0.3, -0.25) is 9.79 Å². The number of nitrogens with two attached hydrogens (primary N) is 2. The molecule has 0 saturated heterocycles. The summed E-state index contributed by atoms with van der Waals surface area (Å²) in [7, 11) is 0. The summed E-state index contributed by atoms with van der Waals surface area (Å²) >= 11 is 0. The first kappa shape index (κ1) is 24.7. The lowest BCUT2D eigenvalue weighted by atomic mass is 9.89. The first-order valence-electron chi connectivity index (χ1n) is 10.9. The summed E-state index contributed by atoms with van der Waals surface area (Å²) in [6.45, 7) is 2.10. The number of benzene rings is 1. The van der Waals surface area contributed by atoms with Crippen molar-refractivity contribution in [1.29, 1.82) is 0 Å². The van der Waals surface area contributed by atoms with Crippen molar-refractivity contribution >= 4 is 23.2 Å². The fraction of sp³-hybridized carbons (Fsp3) is 0.435. The quantitative estimate of drug-likeness (QED) is 0.524. The highest BCUT2D eigenvalue weighted by atomic mass is 19.4. The lowest BCUT2D eigenvalue weighted by molar-refractivity contribution is -0.249. The fourth-order valence-electron chi connectivity index (χ4n) is 3.56. The number of amides is 1. The number of hydrogen-bond acceptors (Lipinski definition) is 7. The molecule has 1 aromatic heterocycles. The molecule has 35 heavy (non-hydrogen) atoms. The van der Waals surface area contributed by atoms with Gasteiger partial charge in [-0.15, -0.1) is 0 Å². The van der Waals surface area contributed by atoms with Gasteiger partial charge in [0, 0.05) is 17.3 Å². The summed E-state index contributed by atoms with van der Waals surface area (Å²) < 4.78 is 65.5. The topological polar surface area (TPSA) is 125 Å². The molecule has 0 bridgehead atoms.